The number of hydrogen-bond donors (Lipinski definition) is 1. The van der Waals surface area contributed by atoms with Gasteiger partial charge in [-0.1, -0.05) is 38.1 Å². The van der Waals surface area contributed by atoms with E-state index in [4.69, 9.17) is 9.15 Å². The van der Waals surface area contributed by atoms with Crippen LogP contribution in [0.1, 0.15) is 37.9 Å². The van der Waals surface area contributed by atoms with E-state index < -0.39 is 0 Å². The molecule has 6 heteroatoms. The summed E-state index contributed by atoms with van der Waals surface area (Å²) in [5.41, 5.74) is 3.18. The van der Waals surface area contributed by atoms with Crippen molar-refractivity contribution < 1.29 is 13.9 Å². The van der Waals surface area contributed by atoms with Crippen LogP contribution < -0.4 is 10.1 Å². The molecule has 1 atom stereocenters. The lowest BCUT2D eigenvalue weighted by Gasteiger charge is -2.15. The number of carbonyl (C=O) groups excluding carboxylic acids is 1. The molecule has 0 aliphatic heterocycles. The van der Waals surface area contributed by atoms with Gasteiger partial charge in [0.2, 0.25) is 12.3 Å². The molecule has 0 bridgehead atoms. The zero-order chi connectivity index (χ0) is 19.9. The lowest BCUT2D eigenvalue weighted by Crippen LogP contribution is -2.31. The summed E-state index contributed by atoms with van der Waals surface area (Å²) < 4.78 is 10.7. The fourth-order valence-corrected chi connectivity index (χ4v) is 2.92. The van der Waals surface area contributed by atoms with Gasteiger partial charge in [0.05, 0.1) is 6.04 Å². The Morgan fingerprint density at radius 1 is 1.07 bits per heavy atom. The molecule has 1 amide bonds. The van der Waals surface area contributed by atoms with Crippen molar-refractivity contribution in [2.24, 2.45) is 5.92 Å². The van der Waals surface area contributed by atoms with Gasteiger partial charge in [-0.15, -0.1) is 10.2 Å². The molecule has 0 fully saturated rings. The first-order valence-corrected chi connectivity index (χ1v) is 9.39. The van der Waals surface area contributed by atoms with Crippen molar-refractivity contribution in [1.82, 2.24) is 15.5 Å². The molecule has 0 saturated heterocycles. The first-order chi connectivity index (χ1) is 13.5. The first-order valence-electron chi connectivity index (χ1n) is 9.39. The Morgan fingerprint density at radius 2 is 1.79 bits per heavy atom. The molecule has 28 heavy (non-hydrogen) atoms. The summed E-state index contributed by atoms with van der Waals surface area (Å²) in [6.45, 7) is 6.33. The molecule has 0 radical (unpaired) electrons. The topological polar surface area (TPSA) is 77.2 Å². The van der Waals surface area contributed by atoms with Crippen molar-refractivity contribution in [3.8, 4) is 17.2 Å². The molecule has 2 aromatic carbocycles. The van der Waals surface area contributed by atoms with Gasteiger partial charge in [-0.3, -0.25) is 4.79 Å². The summed E-state index contributed by atoms with van der Waals surface area (Å²) in [7, 11) is 0. The standard InChI is InChI=1S/C22H25N3O3/c1-15(2)12-17-4-6-18(7-5-17)16(3)24-21(26)13-27-20-10-8-19(9-11-20)22-25-23-14-28-22/h4-11,14-16H,12-13H2,1-3H3,(H,24,26)/t16-/m1/s1. The van der Waals surface area contributed by atoms with Crippen LogP contribution in [0, 0.1) is 5.92 Å². The fourth-order valence-electron chi connectivity index (χ4n) is 2.92. The maximum absolute atomic E-state index is 12.2. The fraction of sp³-hybridized carbons (Fsp3) is 0.318. The number of ether oxygens (including phenoxy) is 1. The smallest absolute Gasteiger partial charge is 0.258 e. The highest BCUT2D eigenvalue weighted by molar-refractivity contribution is 5.78. The number of nitrogens with one attached hydrogen (secondary N) is 1. The van der Waals surface area contributed by atoms with Crippen molar-refractivity contribution in [3.05, 3.63) is 66.1 Å². The van der Waals surface area contributed by atoms with Crippen LogP contribution in [-0.2, 0) is 11.2 Å². The van der Waals surface area contributed by atoms with Gasteiger partial charge < -0.3 is 14.5 Å². The van der Waals surface area contributed by atoms with E-state index in [9.17, 15) is 4.79 Å². The molecule has 0 saturated carbocycles. The summed E-state index contributed by atoms with van der Waals surface area (Å²) in [5, 5.41) is 10.5. The molecule has 6 nitrogen and oxygen atoms in total. The van der Waals surface area contributed by atoms with Gasteiger partial charge >= 0.3 is 0 Å². The van der Waals surface area contributed by atoms with Gasteiger partial charge in [-0.25, -0.2) is 0 Å². The van der Waals surface area contributed by atoms with Crippen molar-refractivity contribution in [3.63, 3.8) is 0 Å². The molecule has 0 unspecified atom stereocenters. The second kappa shape index (κ2) is 9.17. The predicted molar refractivity (Wildman–Crippen MR) is 107 cm³/mol. The number of nitrogens with zero attached hydrogens (tertiary/aromatic N) is 2. The summed E-state index contributed by atoms with van der Waals surface area (Å²) in [6.07, 6.45) is 2.34. The largest absolute Gasteiger partial charge is 0.484 e. The average Bonchev–Trinajstić information content (AvgIpc) is 3.21. The highest BCUT2D eigenvalue weighted by atomic mass is 16.5. The predicted octanol–water partition coefficient (Wildman–Crippen LogP) is 4.19. The van der Waals surface area contributed by atoms with Crippen molar-refractivity contribution in [2.45, 2.75) is 33.2 Å². The maximum Gasteiger partial charge on any atom is 0.258 e. The molecule has 0 spiro atoms. The van der Waals surface area contributed by atoms with E-state index in [1.54, 1.807) is 12.1 Å². The van der Waals surface area contributed by atoms with Gasteiger partial charge in [-0.05, 0) is 54.7 Å². The van der Waals surface area contributed by atoms with Gasteiger partial charge in [-0.2, -0.15) is 0 Å². The molecular formula is C22H25N3O3. The molecule has 146 valence electrons. The molecule has 1 N–H and O–H groups in total. The number of carbonyl (C=O) groups is 1. The van der Waals surface area contributed by atoms with Crippen LogP contribution in [0.2, 0.25) is 0 Å². The van der Waals surface area contributed by atoms with Gasteiger partial charge in [0.1, 0.15) is 5.75 Å². The molecule has 1 aromatic heterocycles. The minimum Gasteiger partial charge on any atom is -0.484 e. The SMILES string of the molecule is CC(C)Cc1ccc([C@@H](C)NC(=O)COc2ccc(-c3nnco3)cc2)cc1. The lowest BCUT2D eigenvalue weighted by atomic mass is 10.00. The van der Waals surface area contributed by atoms with E-state index in [0.717, 1.165) is 17.5 Å². The van der Waals surface area contributed by atoms with Crippen molar-refractivity contribution in [2.75, 3.05) is 6.61 Å². The molecular weight excluding hydrogens is 354 g/mol. The minimum absolute atomic E-state index is 0.0460. The first kappa shape index (κ1) is 19.6. The molecule has 0 aliphatic rings. The van der Waals surface area contributed by atoms with E-state index in [1.807, 2.05) is 19.1 Å². The van der Waals surface area contributed by atoms with E-state index >= 15 is 0 Å². The number of amides is 1. The van der Waals surface area contributed by atoms with Gasteiger partial charge in [0.15, 0.2) is 6.61 Å². The third-order valence-electron chi connectivity index (χ3n) is 4.33. The Labute approximate surface area is 164 Å². The zero-order valence-electron chi connectivity index (χ0n) is 16.4. The Bertz CT molecular complexity index is 872. The Balaban J connectivity index is 1.48. The number of benzene rings is 2. The van der Waals surface area contributed by atoms with Crippen molar-refractivity contribution in [1.29, 1.82) is 0 Å². The van der Waals surface area contributed by atoms with E-state index in [0.29, 0.717) is 17.6 Å². The highest BCUT2D eigenvalue weighted by Crippen LogP contribution is 2.20. The molecule has 1 heterocycles. The van der Waals surface area contributed by atoms with E-state index in [-0.39, 0.29) is 18.6 Å². The Morgan fingerprint density at radius 3 is 2.39 bits per heavy atom. The van der Waals surface area contributed by atoms with Crippen LogP contribution in [0.3, 0.4) is 0 Å². The average molecular weight is 379 g/mol. The summed E-state index contributed by atoms with van der Waals surface area (Å²) in [4.78, 5) is 12.2. The normalized spacial score (nSPS) is 12.0. The highest BCUT2D eigenvalue weighted by Gasteiger charge is 2.11. The third-order valence-corrected chi connectivity index (χ3v) is 4.33. The molecule has 0 aliphatic carbocycles. The number of rotatable bonds is 8. The van der Waals surface area contributed by atoms with Crippen LogP contribution in [0.25, 0.3) is 11.5 Å². The van der Waals surface area contributed by atoms with Crippen molar-refractivity contribution >= 4 is 5.91 Å². The monoisotopic (exact) mass is 379 g/mol. The maximum atomic E-state index is 12.2. The Kier molecular flexibility index (Phi) is 6.42. The zero-order valence-corrected chi connectivity index (χ0v) is 16.4. The van der Waals surface area contributed by atoms with Crippen LogP contribution in [0.15, 0.2) is 59.3 Å². The third kappa shape index (κ3) is 5.42. The summed E-state index contributed by atoms with van der Waals surface area (Å²) in [5.74, 6) is 1.50. The second-order valence-corrected chi connectivity index (χ2v) is 7.19. The molecule has 3 aromatic rings. The van der Waals surface area contributed by atoms with Crippen LogP contribution in [-0.4, -0.2) is 22.7 Å². The summed E-state index contributed by atoms with van der Waals surface area (Å²) >= 11 is 0. The number of hydrogen-bond acceptors (Lipinski definition) is 5. The molecule has 3 rings (SSSR count). The number of aromatic nitrogens is 2. The lowest BCUT2D eigenvalue weighted by molar-refractivity contribution is -0.123. The van der Waals surface area contributed by atoms with Crippen LogP contribution >= 0.6 is 0 Å². The van der Waals surface area contributed by atoms with E-state index in [2.05, 4.69) is 53.6 Å². The summed E-state index contributed by atoms with van der Waals surface area (Å²) in [6, 6.07) is 15.5. The van der Waals surface area contributed by atoms with Crippen LogP contribution in [0.4, 0.5) is 0 Å². The Hall–Kier alpha value is -3.15. The quantitative estimate of drug-likeness (QED) is 0.635. The van der Waals surface area contributed by atoms with Gasteiger partial charge in [0, 0.05) is 5.56 Å². The minimum atomic E-state index is -0.167. The van der Waals surface area contributed by atoms with E-state index in [1.165, 1.54) is 12.0 Å². The second-order valence-electron chi connectivity index (χ2n) is 7.19. The van der Waals surface area contributed by atoms with Crippen LogP contribution in [0.5, 0.6) is 5.75 Å². The van der Waals surface area contributed by atoms with Gasteiger partial charge in [0.25, 0.3) is 5.91 Å².